The molecule has 0 aliphatic carbocycles. The van der Waals surface area contributed by atoms with Crippen molar-refractivity contribution in [1.29, 1.82) is 0 Å². The summed E-state index contributed by atoms with van der Waals surface area (Å²) in [6.07, 6.45) is 2.01. The van der Waals surface area contributed by atoms with E-state index in [9.17, 15) is 14.0 Å². The summed E-state index contributed by atoms with van der Waals surface area (Å²) in [5, 5.41) is 0. The molecule has 0 atom stereocenters. The van der Waals surface area contributed by atoms with Crippen LogP contribution >= 0.6 is 38.5 Å². The first-order valence-corrected chi connectivity index (χ1v) is 7.26. The average Bonchev–Trinajstić information content (AvgIpc) is 2.42. The summed E-state index contributed by atoms with van der Waals surface area (Å²) >= 11 is 4.88. The molecule has 21 heavy (non-hydrogen) atoms. The van der Waals surface area contributed by atoms with Crippen molar-refractivity contribution in [3.63, 3.8) is 0 Å². The number of carbonyl (C=O) groups is 2. The first kappa shape index (κ1) is 17.7. The molecule has 1 rings (SSSR count). The number of primary amides is 1. The Hall–Kier alpha value is -1.36. The number of benzene rings is 1. The van der Waals surface area contributed by atoms with Gasteiger partial charge in [-0.3, -0.25) is 4.79 Å². The Morgan fingerprint density at radius 1 is 1.48 bits per heavy atom. The lowest BCUT2D eigenvalue weighted by Gasteiger charge is -2.19. The van der Waals surface area contributed by atoms with E-state index in [0.717, 1.165) is 12.3 Å². The Labute approximate surface area is 142 Å². The molecule has 1 aromatic rings. The minimum Gasteiger partial charge on any atom is -0.504 e. The monoisotopic (exact) mass is 472 g/mol. The molecular formula is C12H11BrFIN2O4. The first-order chi connectivity index (χ1) is 9.84. The van der Waals surface area contributed by atoms with Crippen molar-refractivity contribution in [2.75, 3.05) is 19.1 Å². The van der Waals surface area contributed by atoms with Crippen molar-refractivity contribution in [3.05, 3.63) is 32.3 Å². The number of nitrogens with zero attached hydrogens (tertiary/aromatic N) is 1. The van der Waals surface area contributed by atoms with E-state index in [-0.39, 0.29) is 15.0 Å². The molecule has 6 nitrogen and oxygen atoms in total. The highest BCUT2D eigenvalue weighted by molar-refractivity contribution is 14.1. The van der Waals surface area contributed by atoms with Gasteiger partial charge in [-0.1, -0.05) is 0 Å². The number of halogens is 3. The molecule has 0 aliphatic heterocycles. The standard InChI is InChI=1S/C12H11BrFIN2O4/c1-20-4-3-8(18)17(12(16)19)7-5-6(13)11(21-2)10(15)9(7)14/h3-5H,1-2H3,(H2,16,19). The van der Waals surface area contributed by atoms with E-state index < -0.39 is 17.8 Å². The van der Waals surface area contributed by atoms with Crippen LogP contribution in [0, 0.1) is 9.39 Å². The quantitative estimate of drug-likeness (QED) is 0.316. The number of ether oxygens (including phenoxy) is 2. The maximum Gasteiger partial charge on any atom is 0.326 e. The lowest BCUT2D eigenvalue weighted by Crippen LogP contribution is -2.40. The molecule has 114 valence electrons. The lowest BCUT2D eigenvalue weighted by molar-refractivity contribution is -0.113. The molecule has 0 fully saturated rings. The molecule has 0 saturated heterocycles. The summed E-state index contributed by atoms with van der Waals surface area (Å²) in [5.41, 5.74) is 4.87. The fourth-order valence-corrected chi connectivity index (χ4v) is 3.20. The number of nitrogens with two attached hydrogens (primary N) is 1. The van der Waals surface area contributed by atoms with Gasteiger partial charge in [-0.25, -0.2) is 14.1 Å². The van der Waals surface area contributed by atoms with E-state index in [2.05, 4.69) is 20.7 Å². The van der Waals surface area contributed by atoms with Crippen LogP contribution in [0.5, 0.6) is 5.75 Å². The Bertz CT molecular complexity index is 609. The van der Waals surface area contributed by atoms with Crippen LogP contribution in [0.2, 0.25) is 0 Å². The maximum atomic E-state index is 14.4. The Morgan fingerprint density at radius 3 is 2.57 bits per heavy atom. The Balaban J connectivity index is 3.43. The lowest BCUT2D eigenvalue weighted by atomic mass is 10.2. The zero-order chi connectivity index (χ0) is 16.2. The van der Waals surface area contributed by atoms with E-state index in [1.165, 1.54) is 20.3 Å². The maximum absolute atomic E-state index is 14.4. The van der Waals surface area contributed by atoms with Crippen molar-refractivity contribution in [1.82, 2.24) is 0 Å². The van der Waals surface area contributed by atoms with Crippen LogP contribution in [0.15, 0.2) is 22.9 Å². The summed E-state index contributed by atoms with van der Waals surface area (Å²) in [4.78, 5) is 23.9. The van der Waals surface area contributed by atoms with Gasteiger partial charge in [0.2, 0.25) is 0 Å². The molecule has 0 aromatic heterocycles. The van der Waals surface area contributed by atoms with Gasteiger partial charge in [-0.2, -0.15) is 0 Å². The van der Waals surface area contributed by atoms with Gasteiger partial charge in [0, 0.05) is 6.08 Å². The van der Waals surface area contributed by atoms with Gasteiger partial charge in [0.15, 0.2) is 5.82 Å². The zero-order valence-corrected chi connectivity index (χ0v) is 14.8. The van der Waals surface area contributed by atoms with Crippen LogP contribution in [-0.4, -0.2) is 26.2 Å². The van der Waals surface area contributed by atoms with Crippen molar-refractivity contribution < 1.29 is 23.5 Å². The average molecular weight is 473 g/mol. The number of methoxy groups -OCH3 is 2. The SMILES string of the molecule is COC=CC(=O)N(C(N)=O)c1cc(Br)c(OC)c(I)c1F. The van der Waals surface area contributed by atoms with Crippen molar-refractivity contribution in [2.45, 2.75) is 0 Å². The van der Waals surface area contributed by atoms with Gasteiger partial charge in [0.05, 0.1) is 34.2 Å². The van der Waals surface area contributed by atoms with Gasteiger partial charge in [-0.15, -0.1) is 0 Å². The first-order valence-electron chi connectivity index (χ1n) is 5.39. The third-order valence-electron chi connectivity index (χ3n) is 2.33. The molecule has 0 spiro atoms. The molecule has 3 amide bonds. The topological polar surface area (TPSA) is 81.9 Å². The van der Waals surface area contributed by atoms with Crippen LogP contribution in [0.1, 0.15) is 0 Å². The second-order valence-corrected chi connectivity index (χ2v) is 5.52. The van der Waals surface area contributed by atoms with Gasteiger partial charge in [0.25, 0.3) is 5.91 Å². The van der Waals surface area contributed by atoms with Crippen molar-refractivity contribution in [2.24, 2.45) is 5.73 Å². The highest BCUT2D eigenvalue weighted by Gasteiger charge is 2.26. The number of rotatable bonds is 4. The predicted molar refractivity (Wildman–Crippen MR) is 86.6 cm³/mol. The van der Waals surface area contributed by atoms with Gasteiger partial charge < -0.3 is 15.2 Å². The second-order valence-electron chi connectivity index (χ2n) is 3.59. The molecule has 0 aliphatic rings. The minimum absolute atomic E-state index is 0.106. The normalized spacial score (nSPS) is 10.5. The van der Waals surface area contributed by atoms with Gasteiger partial charge in [0.1, 0.15) is 5.75 Å². The molecule has 0 heterocycles. The fraction of sp³-hybridized carbons (Fsp3) is 0.167. The summed E-state index contributed by atoms with van der Waals surface area (Å²) in [7, 11) is 2.70. The third kappa shape index (κ3) is 3.84. The fourth-order valence-electron chi connectivity index (χ4n) is 1.46. The summed E-state index contributed by atoms with van der Waals surface area (Å²) in [6.45, 7) is 0. The molecule has 2 N–H and O–H groups in total. The number of hydrogen-bond donors (Lipinski definition) is 1. The second kappa shape index (κ2) is 7.59. The molecule has 0 unspecified atom stereocenters. The molecular weight excluding hydrogens is 462 g/mol. The highest BCUT2D eigenvalue weighted by Crippen LogP contribution is 2.37. The molecule has 0 saturated carbocycles. The smallest absolute Gasteiger partial charge is 0.326 e. The van der Waals surface area contributed by atoms with Crippen LogP contribution in [0.4, 0.5) is 14.9 Å². The molecule has 0 bridgehead atoms. The summed E-state index contributed by atoms with van der Waals surface area (Å²) in [5.74, 6) is -1.38. The minimum atomic E-state index is -1.12. The van der Waals surface area contributed by atoms with Gasteiger partial charge in [-0.05, 0) is 44.6 Å². The van der Waals surface area contributed by atoms with E-state index in [4.69, 9.17) is 10.5 Å². The van der Waals surface area contributed by atoms with Gasteiger partial charge >= 0.3 is 6.03 Å². The van der Waals surface area contributed by atoms with E-state index in [1.54, 1.807) is 22.6 Å². The molecule has 1 aromatic carbocycles. The van der Waals surface area contributed by atoms with Crippen LogP contribution in [0.25, 0.3) is 0 Å². The summed E-state index contributed by atoms with van der Waals surface area (Å²) in [6, 6.07) is 0.118. The largest absolute Gasteiger partial charge is 0.504 e. The highest BCUT2D eigenvalue weighted by atomic mass is 127. The van der Waals surface area contributed by atoms with Crippen molar-refractivity contribution >= 4 is 56.1 Å². The number of urea groups is 1. The Kier molecular flexibility index (Phi) is 6.40. The number of imide groups is 1. The van der Waals surface area contributed by atoms with Crippen LogP contribution in [0.3, 0.4) is 0 Å². The van der Waals surface area contributed by atoms with Crippen LogP contribution in [-0.2, 0) is 9.53 Å². The third-order valence-corrected chi connectivity index (χ3v) is 3.88. The Morgan fingerprint density at radius 2 is 2.10 bits per heavy atom. The van der Waals surface area contributed by atoms with Crippen molar-refractivity contribution in [3.8, 4) is 5.75 Å². The van der Waals surface area contributed by atoms with Crippen LogP contribution < -0.4 is 15.4 Å². The van der Waals surface area contributed by atoms with E-state index in [1.807, 2.05) is 0 Å². The predicted octanol–water partition coefficient (Wildman–Crippen LogP) is 2.77. The van der Waals surface area contributed by atoms with E-state index >= 15 is 0 Å². The number of amides is 3. The number of hydrogen-bond acceptors (Lipinski definition) is 4. The number of carbonyl (C=O) groups excluding carboxylic acids is 2. The number of anilines is 1. The summed E-state index contributed by atoms with van der Waals surface area (Å²) < 4.78 is 24.5. The molecule has 9 heteroatoms. The molecule has 0 radical (unpaired) electrons. The zero-order valence-electron chi connectivity index (χ0n) is 11.0. The van der Waals surface area contributed by atoms with E-state index in [0.29, 0.717) is 9.37 Å².